The summed E-state index contributed by atoms with van der Waals surface area (Å²) in [6, 6.07) is 13.2. The number of aromatic amines is 2. The van der Waals surface area contributed by atoms with Crippen LogP contribution in [0.3, 0.4) is 0 Å². The molecule has 51 heavy (non-hydrogen) atoms. The van der Waals surface area contributed by atoms with Crippen LogP contribution in [-0.4, -0.2) is 62.4 Å². The van der Waals surface area contributed by atoms with E-state index in [2.05, 4.69) is 55.1 Å². The van der Waals surface area contributed by atoms with Crippen LogP contribution in [-0.2, 0) is 20.9 Å². The molecule has 0 aliphatic carbocycles. The zero-order valence-corrected chi connectivity index (χ0v) is 33.4. The number of hydrogen-bond acceptors (Lipinski definition) is 6. The quantitative estimate of drug-likeness (QED) is 0.149. The van der Waals surface area contributed by atoms with Crippen molar-refractivity contribution in [2.24, 2.45) is 17.8 Å². The van der Waals surface area contributed by atoms with Crippen molar-refractivity contribution in [3.63, 3.8) is 0 Å². The number of nitrogens with one attached hydrogen (secondary N) is 4. The number of benzene rings is 2. The predicted molar refractivity (Wildman–Crippen MR) is 218 cm³/mol. The van der Waals surface area contributed by atoms with Gasteiger partial charge in [0.05, 0.1) is 42.6 Å². The van der Waals surface area contributed by atoms with Gasteiger partial charge >= 0.3 is 6.09 Å². The number of methoxy groups -OCH3 is 1. The van der Waals surface area contributed by atoms with Crippen molar-refractivity contribution >= 4 is 69.4 Å². The average molecular weight is 756 g/mol. The summed E-state index contributed by atoms with van der Waals surface area (Å²) in [7, 11) is 1.26. The summed E-state index contributed by atoms with van der Waals surface area (Å²) in [5.74, 6) is 4.41. The standard InChI is InChI=1S/C19H23N3O.C18H24N4O3.3H2S/c1-5-14-8-9-15-16(11-14)21-18(20-15)17-7-6-10-22(17)19(23)13(4)12(2)3;1-11(2)16(22-18(24)25-4)17(23)20-10-15-19-9-14(21-15)13-7-5-12(3)6-8-13;;;/h1,8-9,11-13,17H,6-7,10H2,2-4H3,(H,20,21);5-9,11,16H,10H2,1-4H3,(H,19,21)(H,20,23)(H,22,24);3*1H2/t13-,17-;16-;;;/m00.../s1. The van der Waals surface area contributed by atoms with Gasteiger partial charge in [-0.2, -0.15) is 40.5 Å². The second kappa shape index (κ2) is 20.7. The fourth-order valence-electron chi connectivity index (χ4n) is 5.47. The van der Waals surface area contributed by atoms with E-state index in [4.69, 9.17) is 6.42 Å². The normalized spacial score (nSPS) is 14.5. The first kappa shape index (κ1) is 45.0. The summed E-state index contributed by atoms with van der Waals surface area (Å²) in [5, 5.41) is 5.32. The molecule has 4 aromatic rings. The van der Waals surface area contributed by atoms with Gasteiger partial charge in [-0.1, -0.05) is 70.4 Å². The molecule has 14 heteroatoms. The van der Waals surface area contributed by atoms with Crippen molar-refractivity contribution in [2.45, 2.75) is 73.0 Å². The van der Waals surface area contributed by atoms with Gasteiger partial charge in [-0.15, -0.1) is 6.42 Å². The third-order valence-electron chi connectivity index (χ3n) is 8.74. The third kappa shape index (κ3) is 11.7. The Morgan fingerprint density at radius 2 is 1.71 bits per heavy atom. The SMILES string of the molecule is C#Cc1ccc2nc([C@@H]3CCCN3C(=O)[C@@H](C)C(C)C)[nH]c2c1.COC(=O)N[C@H](C(=O)NCc1ncc(-c2ccc(C)cc2)[nH]1)C(C)C.S.S.S. The highest BCUT2D eigenvalue weighted by atomic mass is 32.1. The second-order valence-corrected chi connectivity index (χ2v) is 12.9. The number of fused-ring (bicyclic) bond motifs is 1. The molecule has 0 saturated carbocycles. The molecule has 11 nitrogen and oxygen atoms in total. The van der Waals surface area contributed by atoms with Crippen LogP contribution in [0, 0.1) is 37.0 Å². The molecule has 1 saturated heterocycles. The van der Waals surface area contributed by atoms with Crippen molar-refractivity contribution < 1.29 is 19.1 Å². The summed E-state index contributed by atoms with van der Waals surface area (Å²) >= 11 is 0. The molecular formula is C37H53N7O4S3. The van der Waals surface area contributed by atoms with Crippen LogP contribution in [0.4, 0.5) is 4.79 Å². The second-order valence-electron chi connectivity index (χ2n) is 12.9. The molecule has 1 aliphatic heterocycles. The number of rotatable bonds is 9. The highest BCUT2D eigenvalue weighted by Crippen LogP contribution is 2.33. The Kier molecular flexibility index (Phi) is 18.3. The van der Waals surface area contributed by atoms with Crippen molar-refractivity contribution in [1.29, 1.82) is 0 Å². The predicted octanol–water partition coefficient (Wildman–Crippen LogP) is 6.22. The molecule has 2 aromatic heterocycles. The van der Waals surface area contributed by atoms with E-state index < -0.39 is 12.1 Å². The number of aryl methyl sites for hydroxylation is 1. The van der Waals surface area contributed by atoms with Crippen LogP contribution in [0.5, 0.6) is 0 Å². The topological polar surface area (TPSA) is 145 Å². The first-order chi connectivity index (χ1) is 22.9. The third-order valence-corrected chi connectivity index (χ3v) is 8.74. The van der Waals surface area contributed by atoms with Gasteiger partial charge in [0.1, 0.15) is 17.7 Å². The number of likely N-dealkylation sites (tertiary alicyclic amines) is 1. The Morgan fingerprint density at radius 1 is 1.02 bits per heavy atom. The van der Waals surface area contributed by atoms with Gasteiger partial charge in [-0.25, -0.2) is 14.8 Å². The number of carbonyl (C=O) groups is 3. The molecule has 0 unspecified atom stereocenters. The summed E-state index contributed by atoms with van der Waals surface area (Å²) < 4.78 is 4.56. The first-order valence-corrected chi connectivity index (χ1v) is 16.4. The van der Waals surface area contributed by atoms with E-state index in [-0.39, 0.29) is 76.7 Å². The summed E-state index contributed by atoms with van der Waals surface area (Å²) in [5.41, 5.74) is 5.77. The smallest absolute Gasteiger partial charge is 0.407 e. The number of carbonyl (C=O) groups excluding carboxylic acids is 3. The van der Waals surface area contributed by atoms with Crippen LogP contribution >= 0.6 is 40.5 Å². The van der Waals surface area contributed by atoms with Gasteiger partial charge in [-0.05, 0) is 55.4 Å². The molecule has 1 fully saturated rings. The maximum Gasteiger partial charge on any atom is 0.407 e. The molecule has 5 rings (SSSR count). The van der Waals surface area contributed by atoms with E-state index in [1.54, 1.807) is 6.20 Å². The molecule has 3 amide bonds. The van der Waals surface area contributed by atoms with Gasteiger partial charge in [0, 0.05) is 18.0 Å². The Hall–Kier alpha value is -4.06. The maximum atomic E-state index is 12.7. The van der Waals surface area contributed by atoms with Crippen LogP contribution in [0.25, 0.3) is 22.3 Å². The maximum absolute atomic E-state index is 12.7. The number of nitrogens with zero attached hydrogens (tertiary/aromatic N) is 3. The van der Waals surface area contributed by atoms with Gasteiger partial charge in [-0.3, -0.25) is 9.59 Å². The lowest BCUT2D eigenvalue weighted by atomic mass is 9.96. The fraction of sp³-hybridized carbons (Fsp3) is 0.432. The molecule has 4 N–H and O–H groups in total. The van der Waals surface area contributed by atoms with E-state index >= 15 is 0 Å². The van der Waals surface area contributed by atoms with Crippen molar-refractivity contribution in [3.05, 3.63) is 71.4 Å². The number of ether oxygens (including phenoxy) is 1. The monoisotopic (exact) mass is 755 g/mol. The van der Waals surface area contributed by atoms with E-state index in [9.17, 15) is 14.4 Å². The minimum absolute atomic E-state index is 0. The first-order valence-electron chi connectivity index (χ1n) is 16.4. The number of imidazole rings is 2. The van der Waals surface area contributed by atoms with Crippen LogP contribution in [0.2, 0.25) is 0 Å². The number of amides is 3. The van der Waals surface area contributed by atoms with Crippen LogP contribution in [0.15, 0.2) is 48.7 Å². The number of hydrogen-bond donors (Lipinski definition) is 4. The highest BCUT2D eigenvalue weighted by Gasteiger charge is 2.35. The minimum atomic E-state index is -0.668. The molecule has 1 aliphatic rings. The van der Waals surface area contributed by atoms with Crippen molar-refractivity contribution in [2.75, 3.05) is 13.7 Å². The summed E-state index contributed by atoms with van der Waals surface area (Å²) in [6.45, 7) is 13.0. The van der Waals surface area contributed by atoms with Crippen LogP contribution < -0.4 is 10.6 Å². The van der Waals surface area contributed by atoms with E-state index in [0.29, 0.717) is 11.7 Å². The summed E-state index contributed by atoms with van der Waals surface area (Å²) in [6.07, 6.45) is 8.54. The molecule has 2 aromatic carbocycles. The van der Waals surface area contributed by atoms with Gasteiger partial charge in [0.15, 0.2) is 0 Å². The number of terminal acetylenes is 1. The Balaban J connectivity index is 0.000000483. The molecule has 0 spiro atoms. The molecule has 0 bridgehead atoms. The lowest BCUT2D eigenvalue weighted by molar-refractivity contribution is -0.137. The zero-order chi connectivity index (χ0) is 35.0. The molecule has 3 atom stereocenters. The molecule has 3 heterocycles. The average Bonchev–Trinajstić information content (AvgIpc) is 3.85. The lowest BCUT2D eigenvalue weighted by Gasteiger charge is -2.27. The molecular weight excluding hydrogens is 703 g/mol. The Morgan fingerprint density at radius 3 is 2.31 bits per heavy atom. The molecule has 278 valence electrons. The number of alkyl carbamates (subject to hydrolysis) is 1. The molecule has 0 radical (unpaired) electrons. The minimum Gasteiger partial charge on any atom is -0.453 e. The number of H-pyrrole nitrogens is 2. The number of aromatic nitrogens is 4. The van der Waals surface area contributed by atoms with Gasteiger partial charge < -0.3 is 30.2 Å². The Labute approximate surface area is 322 Å². The van der Waals surface area contributed by atoms with Gasteiger partial charge in [0.25, 0.3) is 0 Å². The fourth-order valence-corrected chi connectivity index (χ4v) is 5.47. The van der Waals surface area contributed by atoms with Crippen molar-refractivity contribution in [3.8, 4) is 23.6 Å². The zero-order valence-electron chi connectivity index (χ0n) is 30.4. The largest absolute Gasteiger partial charge is 0.453 e. The van der Waals surface area contributed by atoms with E-state index in [0.717, 1.165) is 53.1 Å². The Bertz CT molecular complexity index is 1770. The van der Waals surface area contributed by atoms with E-state index in [1.807, 2.05) is 75.1 Å². The summed E-state index contributed by atoms with van der Waals surface area (Å²) in [4.78, 5) is 53.9. The van der Waals surface area contributed by atoms with E-state index in [1.165, 1.54) is 12.7 Å². The van der Waals surface area contributed by atoms with Crippen LogP contribution in [0.1, 0.15) is 76.3 Å². The lowest BCUT2D eigenvalue weighted by Crippen LogP contribution is -2.49. The van der Waals surface area contributed by atoms with Crippen molar-refractivity contribution in [1.82, 2.24) is 35.5 Å². The van der Waals surface area contributed by atoms with Gasteiger partial charge in [0.2, 0.25) is 11.8 Å². The highest BCUT2D eigenvalue weighted by molar-refractivity contribution is 7.59.